The Bertz CT molecular complexity index is 838. The molecule has 0 aliphatic carbocycles. The molecule has 0 fully saturated rings. The van der Waals surface area contributed by atoms with Crippen molar-refractivity contribution >= 4 is 5.69 Å². The molecular weight excluding hydrogens is 308 g/mol. The van der Waals surface area contributed by atoms with E-state index in [0.717, 1.165) is 37.3 Å². The minimum absolute atomic E-state index is 0.708. The number of aromatic nitrogens is 2. The summed E-state index contributed by atoms with van der Waals surface area (Å²) in [6, 6.07) is 19.2. The predicted octanol–water partition coefficient (Wildman–Crippen LogP) is 3.33. The van der Waals surface area contributed by atoms with Crippen molar-refractivity contribution in [3.63, 3.8) is 0 Å². The van der Waals surface area contributed by atoms with Crippen molar-refractivity contribution in [2.45, 2.75) is 25.8 Å². The summed E-state index contributed by atoms with van der Waals surface area (Å²) in [4.78, 5) is 2.45. The van der Waals surface area contributed by atoms with Gasteiger partial charge in [0.1, 0.15) is 0 Å². The Hall–Kier alpha value is -2.59. The highest BCUT2D eigenvalue weighted by atomic mass is 15.3. The molecule has 1 aliphatic rings. The third kappa shape index (κ3) is 3.44. The molecule has 1 aromatic heterocycles. The van der Waals surface area contributed by atoms with Gasteiger partial charge in [-0.25, -0.2) is 4.68 Å². The molecule has 2 N–H and O–H groups in total. The van der Waals surface area contributed by atoms with Crippen molar-refractivity contribution in [2.75, 3.05) is 18.0 Å². The molecule has 0 radical (unpaired) electrons. The Morgan fingerprint density at radius 3 is 2.76 bits per heavy atom. The van der Waals surface area contributed by atoms with E-state index in [4.69, 9.17) is 10.8 Å². The number of para-hydroxylation sites is 1. The number of aryl methyl sites for hydroxylation is 1. The highest BCUT2D eigenvalue weighted by Gasteiger charge is 2.18. The summed E-state index contributed by atoms with van der Waals surface area (Å²) < 4.78 is 1.95. The lowest BCUT2D eigenvalue weighted by Gasteiger charge is -2.31. The molecule has 1 aliphatic heterocycles. The standard InChI is InChI=1S/C21H24N4/c22-12-10-17-8-9-21-18(15-17)5-4-13-24(21)16-19-11-14-25(23-19)20-6-2-1-3-7-20/h1-3,6-9,11,14-15H,4-5,10,12-13,16,22H2. The van der Waals surface area contributed by atoms with Crippen LogP contribution in [0.1, 0.15) is 23.2 Å². The fourth-order valence-electron chi connectivity index (χ4n) is 3.58. The van der Waals surface area contributed by atoms with Gasteiger partial charge in [-0.3, -0.25) is 0 Å². The molecule has 0 saturated carbocycles. The lowest BCUT2D eigenvalue weighted by atomic mass is 9.98. The van der Waals surface area contributed by atoms with Crippen LogP contribution in [0.5, 0.6) is 0 Å². The topological polar surface area (TPSA) is 47.1 Å². The first-order chi connectivity index (χ1) is 12.3. The lowest BCUT2D eigenvalue weighted by Crippen LogP contribution is -2.29. The zero-order valence-electron chi connectivity index (χ0n) is 14.4. The molecule has 0 bridgehead atoms. The zero-order chi connectivity index (χ0) is 17.1. The quantitative estimate of drug-likeness (QED) is 0.779. The smallest absolute Gasteiger partial charge is 0.0822 e. The number of anilines is 1. The second-order valence-corrected chi connectivity index (χ2v) is 6.61. The van der Waals surface area contributed by atoms with Crippen LogP contribution in [0.3, 0.4) is 0 Å². The van der Waals surface area contributed by atoms with Gasteiger partial charge in [-0.15, -0.1) is 0 Å². The van der Waals surface area contributed by atoms with E-state index in [1.165, 1.54) is 23.2 Å². The van der Waals surface area contributed by atoms with Gasteiger partial charge >= 0.3 is 0 Å². The van der Waals surface area contributed by atoms with Crippen LogP contribution in [0, 0.1) is 0 Å². The zero-order valence-corrected chi connectivity index (χ0v) is 14.4. The van der Waals surface area contributed by atoms with Crippen molar-refractivity contribution in [3.8, 4) is 5.69 Å². The number of rotatable bonds is 5. The van der Waals surface area contributed by atoms with Gasteiger partial charge in [0.05, 0.1) is 17.9 Å². The SMILES string of the molecule is NCCc1ccc2c(c1)CCCN2Cc1ccn(-c2ccccc2)n1. The van der Waals surface area contributed by atoms with Gasteiger partial charge in [-0.05, 0) is 61.2 Å². The summed E-state index contributed by atoms with van der Waals surface area (Å²) in [6.07, 6.45) is 5.34. The van der Waals surface area contributed by atoms with E-state index in [1.807, 2.05) is 29.1 Å². The Morgan fingerprint density at radius 1 is 1.04 bits per heavy atom. The monoisotopic (exact) mass is 332 g/mol. The molecule has 25 heavy (non-hydrogen) atoms. The van der Waals surface area contributed by atoms with Gasteiger partial charge < -0.3 is 10.6 Å². The van der Waals surface area contributed by atoms with Crippen LogP contribution in [0.15, 0.2) is 60.8 Å². The third-order valence-corrected chi connectivity index (χ3v) is 4.81. The fourth-order valence-corrected chi connectivity index (χ4v) is 3.58. The first-order valence-electron chi connectivity index (χ1n) is 9.00. The maximum Gasteiger partial charge on any atom is 0.0822 e. The Balaban J connectivity index is 1.54. The van der Waals surface area contributed by atoms with Crippen LogP contribution in [0.4, 0.5) is 5.69 Å². The fraction of sp³-hybridized carbons (Fsp3) is 0.286. The van der Waals surface area contributed by atoms with Gasteiger partial charge in [0, 0.05) is 18.4 Å². The Morgan fingerprint density at radius 2 is 1.92 bits per heavy atom. The minimum Gasteiger partial charge on any atom is -0.365 e. The highest BCUT2D eigenvalue weighted by Crippen LogP contribution is 2.29. The molecule has 2 heterocycles. The molecular formula is C21H24N4. The second-order valence-electron chi connectivity index (χ2n) is 6.61. The minimum atomic E-state index is 0.708. The lowest BCUT2D eigenvalue weighted by molar-refractivity contribution is 0.677. The van der Waals surface area contributed by atoms with Gasteiger partial charge in [0.25, 0.3) is 0 Å². The van der Waals surface area contributed by atoms with Crippen LogP contribution in [-0.2, 0) is 19.4 Å². The van der Waals surface area contributed by atoms with Gasteiger partial charge in [-0.1, -0.05) is 30.3 Å². The average molecular weight is 332 g/mol. The van der Waals surface area contributed by atoms with Crippen LogP contribution < -0.4 is 10.6 Å². The number of hydrogen-bond donors (Lipinski definition) is 1. The third-order valence-electron chi connectivity index (χ3n) is 4.81. The van der Waals surface area contributed by atoms with Crippen molar-refractivity contribution in [1.29, 1.82) is 0 Å². The molecule has 0 unspecified atom stereocenters. The van der Waals surface area contributed by atoms with Crippen LogP contribution >= 0.6 is 0 Å². The number of benzene rings is 2. The average Bonchev–Trinajstić information content (AvgIpc) is 3.11. The van der Waals surface area contributed by atoms with Crippen LogP contribution in [0.25, 0.3) is 5.69 Å². The van der Waals surface area contributed by atoms with Crippen molar-refractivity contribution < 1.29 is 0 Å². The summed E-state index contributed by atoms with van der Waals surface area (Å²) in [5, 5.41) is 4.75. The van der Waals surface area contributed by atoms with E-state index in [9.17, 15) is 0 Å². The van der Waals surface area contributed by atoms with Crippen molar-refractivity contribution in [2.24, 2.45) is 5.73 Å². The van der Waals surface area contributed by atoms with E-state index in [2.05, 4.69) is 41.3 Å². The van der Waals surface area contributed by atoms with Crippen molar-refractivity contribution in [3.05, 3.63) is 77.6 Å². The summed E-state index contributed by atoms with van der Waals surface area (Å²) in [6.45, 7) is 2.64. The van der Waals surface area contributed by atoms with Crippen LogP contribution in [0.2, 0.25) is 0 Å². The van der Waals surface area contributed by atoms with Gasteiger partial charge in [-0.2, -0.15) is 5.10 Å². The number of hydrogen-bond acceptors (Lipinski definition) is 3. The largest absolute Gasteiger partial charge is 0.365 e. The number of nitrogens with two attached hydrogens (primary N) is 1. The van der Waals surface area contributed by atoms with E-state index >= 15 is 0 Å². The summed E-state index contributed by atoms with van der Waals surface area (Å²) in [7, 11) is 0. The van der Waals surface area contributed by atoms with Crippen molar-refractivity contribution in [1.82, 2.24) is 9.78 Å². The molecule has 4 nitrogen and oxygen atoms in total. The summed E-state index contributed by atoms with van der Waals surface area (Å²) in [5.41, 5.74) is 12.0. The summed E-state index contributed by atoms with van der Waals surface area (Å²) >= 11 is 0. The van der Waals surface area contributed by atoms with Crippen LogP contribution in [-0.4, -0.2) is 22.9 Å². The van der Waals surface area contributed by atoms with E-state index in [0.29, 0.717) is 6.54 Å². The molecule has 3 aromatic rings. The second kappa shape index (κ2) is 7.11. The van der Waals surface area contributed by atoms with E-state index in [-0.39, 0.29) is 0 Å². The van der Waals surface area contributed by atoms with E-state index in [1.54, 1.807) is 0 Å². The molecule has 4 heteroatoms. The molecule has 128 valence electrons. The Labute approximate surface area is 148 Å². The molecule has 0 spiro atoms. The first kappa shape index (κ1) is 15.9. The van der Waals surface area contributed by atoms with E-state index < -0.39 is 0 Å². The normalized spacial score (nSPS) is 13.7. The molecule has 0 atom stereocenters. The van der Waals surface area contributed by atoms with Gasteiger partial charge in [0.15, 0.2) is 0 Å². The maximum atomic E-state index is 5.70. The number of fused-ring (bicyclic) bond motifs is 1. The maximum absolute atomic E-state index is 5.70. The first-order valence-corrected chi connectivity index (χ1v) is 9.00. The Kier molecular flexibility index (Phi) is 4.53. The molecule has 4 rings (SSSR count). The summed E-state index contributed by atoms with van der Waals surface area (Å²) in [5.74, 6) is 0. The number of nitrogens with zero attached hydrogens (tertiary/aromatic N) is 3. The molecule has 0 amide bonds. The molecule has 2 aromatic carbocycles. The predicted molar refractivity (Wildman–Crippen MR) is 102 cm³/mol. The highest BCUT2D eigenvalue weighted by molar-refractivity contribution is 5.57. The molecule has 0 saturated heterocycles. The van der Waals surface area contributed by atoms with Gasteiger partial charge in [0.2, 0.25) is 0 Å².